The number of nitrogens with one attached hydrogen (secondary N) is 1. The third kappa shape index (κ3) is 3.00. The second-order valence-electron chi connectivity index (χ2n) is 5.15. The number of carboxylic acid groups (broad SMARTS) is 1. The van der Waals surface area contributed by atoms with Crippen molar-refractivity contribution in [2.45, 2.75) is 38.1 Å². The summed E-state index contributed by atoms with van der Waals surface area (Å²) in [6.07, 6.45) is 2.71. The van der Waals surface area contributed by atoms with Gasteiger partial charge in [-0.05, 0) is 46.8 Å². The molecule has 0 saturated heterocycles. The minimum absolute atomic E-state index is 0.116. The highest BCUT2D eigenvalue weighted by Gasteiger charge is 2.43. The Balaban J connectivity index is 2.17. The van der Waals surface area contributed by atoms with E-state index in [1.807, 2.05) is 6.92 Å². The van der Waals surface area contributed by atoms with Gasteiger partial charge < -0.3 is 14.8 Å². The summed E-state index contributed by atoms with van der Waals surface area (Å²) in [5.41, 5.74) is -1.17. The Kier molecular flexibility index (Phi) is 3.99. The van der Waals surface area contributed by atoms with Crippen LogP contribution < -0.4 is 5.32 Å². The van der Waals surface area contributed by atoms with Gasteiger partial charge in [-0.25, -0.2) is 4.79 Å². The molecule has 5 nitrogen and oxygen atoms in total. The first-order chi connectivity index (χ1) is 8.93. The monoisotopic (exact) mass is 329 g/mol. The highest BCUT2D eigenvalue weighted by Crippen LogP contribution is 2.33. The van der Waals surface area contributed by atoms with Crippen LogP contribution in [0.1, 0.15) is 43.2 Å². The van der Waals surface area contributed by atoms with Gasteiger partial charge >= 0.3 is 5.97 Å². The van der Waals surface area contributed by atoms with E-state index in [0.717, 1.165) is 12.8 Å². The molecule has 1 aliphatic carbocycles. The van der Waals surface area contributed by atoms with Crippen molar-refractivity contribution >= 4 is 27.8 Å². The van der Waals surface area contributed by atoms with Crippen LogP contribution in [0.2, 0.25) is 0 Å². The molecule has 0 bridgehead atoms. The average molecular weight is 330 g/mol. The minimum atomic E-state index is -1.17. The molecule has 1 heterocycles. The number of amides is 1. The van der Waals surface area contributed by atoms with E-state index in [9.17, 15) is 14.7 Å². The molecule has 0 aromatic carbocycles. The Morgan fingerprint density at radius 3 is 2.79 bits per heavy atom. The molecule has 1 saturated carbocycles. The van der Waals surface area contributed by atoms with Crippen molar-refractivity contribution in [3.8, 4) is 0 Å². The molecule has 2 unspecified atom stereocenters. The number of hydrogen-bond acceptors (Lipinski definition) is 3. The van der Waals surface area contributed by atoms with Gasteiger partial charge in [0.2, 0.25) is 0 Å². The van der Waals surface area contributed by atoms with Gasteiger partial charge in [0, 0.05) is 0 Å². The molecule has 0 radical (unpaired) electrons. The second-order valence-corrected chi connectivity index (χ2v) is 5.93. The van der Waals surface area contributed by atoms with Gasteiger partial charge in [-0.2, -0.15) is 0 Å². The van der Waals surface area contributed by atoms with Crippen LogP contribution in [0, 0.1) is 5.92 Å². The summed E-state index contributed by atoms with van der Waals surface area (Å²) in [7, 11) is 0. The molecule has 1 aromatic rings. The van der Waals surface area contributed by atoms with E-state index in [4.69, 9.17) is 4.42 Å². The minimum Gasteiger partial charge on any atom is -0.480 e. The van der Waals surface area contributed by atoms with E-state index >= 15 is 0 Å². The highest BCUT2D eigenvalue weighted by molar-refractivity contribution is 9.10. The maximum Gasteiger partial charge on any atom is 0.329 e. The second kappa shape index (κ2) is 5.36. The molecule has 0 spiro atoms. The van der Waals surface area contributed by atoms with Gasteiger partial charge in [0.15, 0.2) is 10.4 Å². The van der Waals surface area contributed by atoms with E-state index in [1.165, 1.54) is 6.07 Å². The fraction of sp³-hybridized carbons (Fsp3) is 0.538. The Hall–Kier alpha value is -1.30. The first kappa shape index (κ1) is 14.1. The number of hydrogen-bond donors (Lipinski definition) is 2. The molecule has 104 valence electrons. The van der Waals surface area contributed by atoms with Gasteiger partial charge in [0.1, 0.15) is 5.54 Å². The Labute approximate surface area is 119 Å². The fourth-order valence-corrected chi connectivity index (χ4v) is 2.93. The first-order valence-electron chi connectivity index (χ1n) is 6.24. The SMILES string of the molecule is CC1CCCC(NC(=O)c2ccc(Br)o2)(C(=O)O)C1. The first-order valence-corrected chi connectivity index (χ1v) is 7.03. The lowest BCUT2D eigenvalue weighted by molar-refractivity contribution is -0.146. The summed E-state index contributed by atoms with van der Waals surface area (Å²) < 4.78 is 5.59. The van der Waals surface area contributed by atoms with Crippen molar-refractivity contribution in [2.75, 3.05) is 0 Å². The Morgan fingerprint density at radius 2 is 2.26 bits per heavy atom. The number of carbonyl (C=O) groups excluding carboxylic acids is 1. The Bertz CT molecular complexity index is 499. The van der Waals surface area contributed by atoms with Crippen molar-refractivity contribution in [3.05, 3.63) is 22.6 Å². The predicted molar refractivity (Wildman–Crippen MR) is 71.9 cm³/mol. The third-order valence-corrected chi connectivity index (χ3v) is 3.98. The normalized spacial score (nSPS) is 26.9. The Morgan fingerprint density at radius 1 is 1.53 bits per heavy atom. The predicted octanol–water partition coefficient (Wildman–Crippen LogP) is 2.81. The number of carboxylic acids is 1. The van der Waals surface area contributed by atoms with Crippen LogP contribution >= 0.6 is 15.9 Å². The molecule has 0 aliphatic heterocycles. The summed E-state index contributed by atoms with van der Waals surface area (Å²) in [5.74, 6) is -1.06. The molecular formula is C13H16BrNO4. The third-order valence-electron chi connectivity index (χ3n) is 3.56. The summed E-state index contributed by atoms with van der Waals surface area (Å²) in [5, 5.41) is 12.1. The zero-order valence-electron chi connectivity index (χ0n) is 10.6. The number of rotatable bonds is 3. The standard InChI is InChI=1S/C13H16BrNO4/c1-8-3-2-6-13(7-8,12(17)18)15-11(16)9-4-5-10(14)19-9/h4-5,8H,2-3,6-7H2,1H3,(H,15,16)(H,17,18). The topological polar surface area (TPSA) is 79.5 Å². The van der Waals surface area contributed by atoms with Gasteiger partial charge in [-0.15, -0.1) is 0 Å². The molecule has 2 N–H and O–H groups in total. The molecular weight excluding hydrogens is 314 g/mol. The van der Waals surface area contributed by atoms with Crippen LogP contribution in [0.25, 0.3) is 0 Å². The van der Waals surface area contributed by atoms with Crippen LogP contribution in [-0.4, -0.2) is 22.5 Å². The maximum atomic E-state index is 12.1. The van der Waals surface area contributed by atoms with Crippen LogP contribution in [0.5, 0.6) is 0 Å². The van der Waals surface area contributed by atoms with E-state index in [0.29, 0.717) is 17.5 Å². The summed E-state index contributed by atoms with van der Waals surface area (Å²) in [4.78, 5) is 23.6. The van der Waals surface area contributed by atoms with Gasteiger partial charge in [0.25, 0.3) is 5.91 Å². The molecule has 2 atom stereocenters. The van der Waals surface area contributed by atoms with Crippen molar-refractivity contribution in [1.29, 1.82) is 0 Å². The fourth-order valence-electron chi connectivity index (χ4n) is 2.63. The number of aliphatic carboxylic acids is 1. The zero-order valence-corrected chi connectivity index (χ0v) is 12.2. The number of carbonyl (C=O) groups is 2. The van der Waals surface area contributed by atoms with Gasteiger partial charge in [-0.1, -0.05) is 19.8 Å². The number of furan rings is 1. The van der Waals surface area contributed by atoms with Crippen molar-refractivity contribution in [3.63, 3.8) is 0 Å². The molecule has 1 fully saturated rings. The van der Waals surface area contributed by atoms with Gasteiger partial charge in [0.05, 0.1) is 0 Å². The lowest BCUT2D eigenvalue weighted by Crippen LogP contribution is -2.56. The lowest BCUT2D eigenvalue weighted by Gasteiger charge is -2.36. The molecule has 6 heteroatoms. The quantitative estimate of drug-likeness (QED) is 0.893. The molecule has 19 heavy (non-hydrogen) atoms. The zero-order chi connectivity index (χ0) is 14.0. The van der Waals surface area contributed by atoms with Crippen LogP contribution in [0.3, 0.4) is 0 Å². The van der Waals surface area contributed by atoms with Crippen molar-refractivity contribution < 1.29 is 19.1 Å². The molecule has 1 amide bonds. The van der Waals surface area contributed by atoms with E-state index < -0.39 is 17.4 Å². The maximum absolute atomic E-state index is 12.1. The highest BCUT2D eigenvalue weighted by atomic mass is 79.9. The average Bonchev–Trinajstić information content (AvgIpc) is 2.75. The van der Waals surface area contributed by atoms with Crippen molar-refractivity contribution in [1.82, 2.24) is 5.32 Å². The van der Waals surface area contributed by atoms with Crippen molar-refractivity contribution in [2.24, 2.45) is 5.92 Å². The molecule has 2 rings (SSSR count). The van der Waals surface area contributed by atoms with E-state index in [-0.39, 0.29) is 11.7 Å². The largest absolute Gasteiger partial charge is 0.480 e. The summed E-state index contributed by atoms with van der Waals surface area (Å²) >= 11 is 3.11. The smallest absolute Gasteiger partial charge is 0.329 e. The van der Waals surface area contributed by atoms with E-state index in [2.05, 4.69) is 21.2 Å². The number of halogens is 1. The summed E-state index contributed by atoms with van der Waals surface area (Å²) in [6, 6.07) is 3.12. The lowest BCUT2D eigenvalue weighted by atomic mass is 9.76. The van der Waals surface area contributed by atoms with Crippen LogP contribution in [0.15, 0.2) is 21.2 Å². The molecule has 1 aromatic heterocycles. The van der Waals surface area contributed by atoms with Gasteiger partial charge in [-0.3, -0.25) is 4.79 Å². The van der Waals surface area contributed by atoms with E-state index in [1.54, 1.807) is 6.07 Å². The van der Waals surface area contributed by atoms with Crippen LogP contribution in [-0.2, 0) is 4.79 Å². The molecule has 1 aliphatic rings. The summed E-state index contributed by atoms with van der Waals surface area (Å²) in [6.45, 7) is 2.01. The van der Waals surface area contributed by atoms with Crippen LogP contribution in [0.4, 0.5) is 0 Å².